The number of aromatic nitrogens is 7. The number of anilines is 1. The van der Waals surface area contributed by atoms with Crippen LogP contribution in [-0.4, -0.2) is 69.7 Å². The number of halogens is 1. The lowest BCUT2D eigenvalue weighted by Gasteiger charge is -2.22. The Kier molecular flexibility index (Phi) is 7.03. The lowest BCUT2D eigenvalue weighted by atomic mass is 10.1. The number of hydrogen-bond donors (Lipinski definition) is 1. The summed E-state index contributed by atoms with van der Waals surface area (Å²) in [4.78, 5) is 16.6. The highest BCUT2D eigenvalue weighted by atomic mass is 35.5. The summed E-state index contributed by atoms with van der Waals surface area (Å²) in [6.45, 7) is 5.66. The van der Waals surface area contributed by atoms with Crippen molar-refractivity contribution in [2.75, 3.05) is 26.1 Å². The summed E-state index contributed by atoms with van der Waals surface area (Å²) >= 11 is 5.87. The van der Waals surface area contributed by atoms with Crippen molar-refractivity contribution in [1.29, 1.82) is 0 Å². The first-order valence-corrected chi connectivity index (χ1v) is 12.9. The molecule has 36 heavy (non-hydrogen) atoms. The normalized spacial score (nSPS) is 18.4. The average Bonchev–Trinajstić information content (AvgIpc) is 3.30. The van der Waals surface area contributed by atoms with Gasteiger partial charge in [-0.2, -0.15) is 9.97 Å². The Morgan fingerprint density at radius 3 is 2.17 bits per heavy atom. The average molecular weight is 539 g/mol. The van der Waals surface area contributed by atoms with Crippen LogP contribution in [0.15, 0.2) is 18.7 Å². The SMILES string of the molecule is COc1ncnc(OC)c1-n1c(NS(=O)(=O)[C@@H](C)[C@H](OC)c2ncc(Cl)cn2)nnc1C1CC1(C)C. The molecule has 3 heterocycles. The smallest absolute Gasteiger partial charge is 0.245 e. The van der Waals surface area contributed by atoms with Crippen molar-refractivity contribution in [2.45, 2.75) is 44.5 Å². The largest absolute Gasteiger partial charge is 0.479 e. The minimum atomic E-state index is -4.11. The van der Waals surface area contributed by atoms with Gasteiger partial charge in [0.25, 0.3) is 0 Å². The quantitative estimate of drug-likeness (QED) is 0.404. The van der Waals surface area contributed by atoms with Crippen molar-refractivity contribution < 1.29 is 22.6 Å². The minimum Gasteiger partial charge on any atom is -0.479 e. The topological polar surface area (TPSA) is 156 Å². The van der Waals surface area contributed by atoms with Gasteiger partial charge in [-0.05, 0) is 18.8 Å². The second kappa shape index (κ2) is 9.75. The predicted octanol–water partition coefficient (Wildman–Crippen LogP) is 2.55. The summed E-state index contributed by atoms with van der Waals surface area (Å²) in [5.74, 6) is 0.975. The molecule has 0 spiro atoms. The first-order valence-electron chi connectivity index (χ1n) is 10.9. The second-order valence-electron chi connectivity index (χ2n) is 8.97. The molecule has 0 bridgehead atoms. The highest BCUT2D eigenvalue weighted by Crippen LogP contribution is 2.58. The van der Waals surface area contributed by atoms with Gasteiger partial charge >= 0.3 is 0 Å². The van der Waals surface area contributed by atoms with Gasteiger partial charge in [0.15, 0.2) is 11.5 Å². The number of methoxy groups -OCH3 is 3. The molecule has 4 rings (SSSR count). The van der Waals surface area contributed by atoms with E-state index in [4.69, 9.17) is 25.8 Å². The fraction of sp³-hybridized carbons (Fsp3) is 0.524. The molecule has 1 unspecified atom stereocenters. The van der Waals surface area contributed by atoms with Gasteiger partial charge in [0, 0.05) is 25.4 Å². The van der Waals surface area contributed by atoms with E-state index in [-0.39, 0.29) is 40.6 Å². The number of ether oxygens (including phenoxy) is 3. The van der Waals surface area contributed by atoms with E-state index < -0.39 is 21.4 Å². The molecular formula is C21H27ClN8O5S. The molecule has 1 fully saturated rings. The Morgan fingerprint density at radius 1 is 1.08 bits per heavy atom. The Labute approximate surface area is 213 Å². The van der Waals surface area contributed by atoms with Crippen LogP contribution in [0.1, 0.15) is 50.9 Å². The van der Waals surface area contributed by atoms with Crippen LogP contribution in [0, 0.1) is 5.41 Å². The molecule has 1 N–H and O–H groups in total. The molecule has 1 saturated carbocycles. The summed E-state index contributed by atoms with van der Waals surface area (Å²) < 4.78 is 47.4. The van der Waals surface area contributed by atoms with E-state index in [9.17, 15) is 8.42 Å². The molecule has 0 radical (unpaired) electrons. The van der Waals surface area contributed by atoms with Crippen LogP contribution < -0.4 is 14.2 Å². The summed E-state index contributed by atoms with van der Waals surface area (Å²) in [7, 11) is 0.154. The van der Waals surface area contributed by atoms with Crippen LogP contribution in [0.5, 0.6) is 11.8 Å². The Hall–Kier alpha value is -3.10. The van der Waals surface area contributed by atoms with E-state index in [2.05, 4.69) is 48.7 Å². The Bertz CT molecular complexity index is 1330. The first kappa shape index (κ1) is 26.0. The van der Waals surface area contributed by atoms with Crippen molar-refractivity contribution in [2.24, 2.45) is 5.41 Å². The van der Waals surface area contributed by atoms with E-state index in [1.807, 2.05) is 0 Å². The predicted molar refractivity (Wildman–Crippen MR) is 130 cm³/mol. The maximum absolute atomic E-state index is 13.5. The van der Waals surface area contributed by atoms with E-state index in [1.54, 1.807) is 0 Å². The summed E-state index contributed by atoms with van der Waals surface area (Å²) in [6, 6.07) is 0. The molecule has 3 aromatic heterocycles. The molecule has 0 aromatic carbocycles. The molecule has 1 aliphatic carbocycles. The molecule has 0 amide bonds. The van der Waals surface area contributed by atoms with Crippen molar-refractivity contribution in [3.05, 3.63) is 35.4 Å². The molecule has 3 atom stereocenters. The zero-order valence-electron chi connectivity index (χ0n) is 20.6. The summed E-state index contributed by atoms with van der Waals surface area (Å²) in [5.41, 5.74) is 0.233. The molecule has 194 valence electrons. The minimum absolute atomic E-state index is 0.0180. The van der Waals surface area contributed by atoms with E-state index >= 15 is 0 Å². The fourth-order valence-electron chi connectivity index (χ4n) is 3.91. The Morgan fingerprint density at radius 2 is 1.67 bits per heavy atom. The van der Waals surface area contributed by atoms with Gasteiger partial charge in [0.05, 0.1) is 19.2 Å². The van der Waals surface area contributed by atoms with Crippen LogP contribution in [0.25, 0.3) is 5.69 Å². The van der Waals surface area contributed by atoms with Gasteiger partial charge in [-0.15, -0.1) is 10.2 Å². The molecule has 1 aliphatic rings. The third kappa shape index (κ3) is 4.80. The lowest BCUT2D eigenvalue weighted by Crippen LogP contribution is -2.33. The van der Waals surface area contributed by atoms with Crippen LogP contribution in [0.4, 0.5) is 5.95 Å². The number of sulfonamides is 1. The van der Waals surface area contributed by atoms with Crippen LogP contribution in [-0.2, 0) is 14.8 Å². The van der Waals surface area contributed by atoms with Gasteiger partial charge in [0.1, 0.15) is 23.5 Å². The number of nitrogens with one attached hydrogen (secondary N) is 1. The maximum Gasteiger partial charge on any atom is 0.245 e. The molecule has 15 heteroatoms. The Balaban J connectivity index is 1.78. The summed E-state index contributed by atoms with van der Waals surface area (Å²) in [6.07, 6.45) is 3.88. The van der Waals surface area contributed by atoms with Crippen molar-refractivity contribution in [3.63, 3.8) is 0 Å². The molecule has 0 aliphatic heterocycles. The summed E-state index contributed by atoms with van der Waals surface area (Å²) in [5, 5.41) is 7.70. The molecule has 3 aromatic rings. The fourth-order valence-corrected chi connectivity index (χ4v) is 5.14. The molecular weight excluding hydrogens is 512 g/mol. The van der Waals surface area contributed by atoms with Gasteiger partial charge in [-0.25, -0.2) is 18.4 Å². The van der Waals surface area contributed by atoms with Crippen molar-refractivity contribution >= 4 is 27.6 Å². The zero-order chi connectivity index (χ0) is 26.3. The van der Waals surface area contributed by atoms with Crippen molar-refractivity contribution in [1.82, 2.24) is 34.7 Å². The highest BCUT2D eigenvalue weighted by molar-refractivity contribution is 7.93. The van der Waals surface area contributed by atoms with Crippen LogP contribution in [0.2, 0.25) is 5.02 Å². The van der Waals surface area contributed by atoms with E-state index in [0.717, 1.165) is 6.42 Å². The second-order valence-corrected chi connectivity index (χ2v) is 11.4. The van der Waals surface area contributed by atoms with E-state index in [0.29, 0.717) is 10.8 Å². The molecule has 0 saturated heterocycles. The number of rotatable bonds is 10. The number of hydrogen-bond acceptors (Lipinski definition) is 11. The highest BCUT2D eigenvalue weighted by Gasteiger charge is 2.50. The van der Waals surface area contributed by atoms with E-state index in [1.165, 1.54) is 51.5 Å². The zero-order valence-corrected chi connectivity index (χ0v) is 22.2. The van der Waals surface area contributed by atoms with Gasteiger partial charge in [-0.3, -0.25) is 9.29 Å². The third-order valence-corrected chi connectivity index (χ3v) is 8.07. The standard InChI is InChI=1S/C21H27ClN8O5S/c1-11(15(33-4)16-23-8-12(22)9-24-16)36(31,32)29-20-28-27-17(13-7-21(13,2)3)30(20)14-18(34-5)25-10-26-19(14)35-6/h8-11,13,15H,7H2,1-6H3,(H,28,29)/t11-,13?,15-/m0/s1. The van der Waals surface area contributed by atoms with Gasteiger partial charge < -0.3 is 14.2 Å². The number of nitrogens with zero attached hydrogens (tertiary/aromatic N) is 7. The van der Waals surface area contributed by atoms with Crippen molar-refractivity contribution in [3.8, 4) is 17.4 Å². The monoisotopic (exact) mass is 538 g/mol. The molecule has 13 nitrogen and oxygen atoms in total. The van der Waals surface area contributed by atoms with Crippen LogP contribution in [0.3, 0.4) is 0 Å². The van der Waals surface area contributed by atoms with Gasteiger partial charge in [-0.1, -0.05) is 25.4 Å². The maximum atomic E-state index is 13.5. The third-order valence-electron chi connectivity index (χ3n) is 6.18. The van der Waals surface area contributed by atoms with Crippen LogP contribution >= 0.6 is 11.6 Å². The van der Waals surface area contributed by atoms with Gasteiger partial charge in [0.2, 0.25) is 27.7 Å². The first-order chi connectivity index (χ1) is 17.0. The lowest BCUT2D eigenvalue weighted by molar-refractivity contribution is 0.0950.